The van der Waals surface area contributed by atoms with E-state index in [1.54, 1.807) is 0 Å². The molecule has 3 rings (SSSR count). The first-order chi connectivity index (χ1) is 12.1. The fraction of sp³-hybridized carbons (Fsp3) is 0.263. The van der Waals surface area contributed by atoms with E-state index in [0.717, 1.165) is 10.5 Å². The van der Waals surface area contributed by atoms with Crippen molar-refractivity contribution in [1.82, 2.24) is 0 Å². The first-order valence-corrected chi connectivity index (χ1v) is 8.09. The summed E-state index contributed by atoms with van der Waals surface area (Å²) in [5.74, 6) is 6.03. The number of nitrogens with one attached hydrogen (secondary N) is 1. The van der Waals surface area contributed by atoms with Crippen molar-refractivity contribution in [2.75, 3.05) is 26.3 Å². The highest BCUT2D eigenvalue weighted by Crippen LogP contribution is 2.25. The summed E-state index contributed by atoms with van der Waals surface area (Å²) in [7, 11) is 0. The first kappa shape index (κ1) is 17.0. The number of nitrogens with zero attached hydrogens (tertiary/aromatic N) is 1. The van der Waals surface area contributed by atoms with E-state index in [1.165, 1.54) is 18.2 Å². The minimum Gasteiger partial charge on any atom is -0.872 e. The molecular formula is C19H18N2O4. The monoisotopic (exact) mass is 338 g/mol. The van der Waals surface area contributed by atoms with Gasteiger partial charge in [-0.15, -0.1) is 0 Å². The van der Waals surface area contributed by atoms with Gasteiger partial charge in [-0.3, -0.25) is 10.1 Å². The van der Waals surface area contributed by atoms with Gasteiger partial charge in [0.1, 0.15) is 13.1 Å². The Hall–Kier alpha value is -2.88. The Balaban J connectivity index is 2.01. The lowest BCUT2D eigenvalue weighted by Gasteiger charge is -2.30. The van der Waals surface area contributed by atoms with Crippen LogP contribution in [0.15, 0.2) is 48.5 Å². The van der Waals surface area contributed by atoms with Crippen LogP contribution in [0.4, 0.5) is 5.69 Å². The van der Waals surface area contributed by atoms with Gasteiger partial charge in [-0.2, -0.15) is 0 Å². The zero-order valence-corrected chi connectivity index (χ0v) is 13.6. The molecule has 1 aliphatic heterocycles. The van der Waals surface area contributed by atoms with Crippen LogP contribution in [0.1, 0.15) is 17.2 Å². The number of nitro benzene ring substituents is 1. The largest absolute Gasteiger partial charge is 0.872 e. The second kappa shape index (κ2) is 7.79. The van der Waals surface area contributed by atoms with Crippen molar-refractivity contribution in [2.24, 2.45) is 0 Å². The van der Waals surface area contributed by atoms with E-state index in [0.29, 0.717) is 31.9 Å². The number of hydrogen-bond donors (Lipinski definition) is 1. The van der Waals surface area contributed by atoms with Crippen LogP contribution in [-0.2, 0) is 4.74 Å². The van der Waals surface area contributed by atoms with Crippen LogP contribution in [0.5, 0.6) is 5.75 Å². The molecule has 1 N–H and O–H groups in total. The number of ether oxygens (including phenoxy) is 1. The Morgan fingerprint density at radius 2 is 1.84 bits per heavy atom. The summed E-state index contributed by atoms with van der Waals surface area (Å²) in [6.45, 7) is 2.58. The number of rotatable bonds is 3. The third-order valence-corrected chi connectivity index (χ3v) is 4.19. The van der Waals surface area contributed by atoms with Gasteiger partial charge in [0.25, 0.3) is 5.69 Å². The average Bonchev–Trinajstić information content (AvgIpc) is 2.65. The van der Waals surface area contributed by atoms with Gasteiger partial charge in [-0.1, -0.05) is 35.9 Å². The highest BCUT2D eigenvalue weighted by atomic mass is 16.6. The normalized spacial score (nSPS) is 15.8. The minimum absolute atomic E-state index is 0.0891. The molecule has 1 aliphatic rings. The molecule has 0 amide bonds. The number of morpholine rings is 1. The van der Waals surface area contributed by atoms with E-state index < -0.39 is 11.0 Å². The van der Waals surface area contributed by atoms with E-state index in [1.807, 2.05) is 30.3 Å². The summed E-state index contributed by atoms with van der Waals surface area (Å²) in [5.41, 5.74) is 1.13. The van der Waals surface area contributed by atoms with Crippen LogP contribution in [0.25, 0.3) is 0 Å². The topological polar surface area (TPSA) is 79.9 Å². The maximum atomic E-state index is 12.4. The molecule has 2 aromatic carbocycles. The Kier molecular flexibility index (Phi) is 5.29. The van der Waals surface area contributed by atoms with Gasteiger partial charge in [0.15, 0.2) is 6.04 Å². The molecule has 6 heteroatoms. The van der Waals surface area contributed by atoms with Gasteiger partial charge in [-0.25, -0.2) is 0 Å². The van der Waals surface area contributed by atoms with Gasteiger partial charge >= 0.3 is 0 Å². The molecule has 0 spiro atoms. The molecule has 0 aliphatic carbocycles. The molecule has 1 fully saturated rings. The van der Waals surface area contributed by atoms with Crippen molar-refractivity contribution >= 4 is 5.69 Å². The van der Waals surface area contributed by atoms with Gasteiger partial charge in [-0.05, 0) is 18.1 Å². The van der Waals surface area contributed by atoms with Crippen molar-refractivity contribution < 1.29 is 19.7 Å². The lowest BCUT2D eigenvalue weighted by Crippen LogP contribution is -3.14. The highest BCUT2D eigenvalue weighted by Gasteiger charge is 2.26. The van der Waals surface area contributed by atoms with E-state index in [2.05, 4.69) is 11.8 Å². The van der Waals surface area contributed by atoms with Gasteiger partial charge < -0.3 is 14.7 Å². The first-order valence-electron chi connectivity index (χ1n) is 8.09. The minimum atomic E-state index is -0.487. The SMILES string of the molecule is O=[N+]([O-])c1ccc([O-])c([C@H](C#Cc2ccccc2)[NH+]2CCOCC2)c1. The fourth-order valence-electron chi connectivity index (χ4n) is 2.87. The van der Waals surface area contributed by atoms with Crippen LogP contribution in [0.3, 0.4) is 0 Å². The molecule has 1 atom stereocenters. The number of quaternary nitrogens is 1. The third kappa shape index (κ3) is 4.15. The molecular weight excluding hydrogens is 320 g/mol. The quantitative estimate of drug-likeness (QED) is 0.507. The number of non-ortho nitro benzene ring substituents is 1. The molecule has 0 bridgehead atoms. The third-order valence-electron chi connectivity index (χ3n) is 4.19. The second-order valence-corrected chi connectivity index (χ2v) is 5.82. The lowest BCUT2D eigenvalue weighted by atomic mass is 10.0. The van der Waals surface area contributed by atoms with E-state index in [9.17, 15) is 15.2 Å². The molecule has 25 heavy (non-hydrogen) atoms. The second-order valence-electron chi connectivity index (χ2n) is 5.82. The molecule has 1 saturated heterocycles. The number of hydrogen-bond acceptors (Lipinski definition) is 4. The summed E-state index contributed by atoms with van der Waals surface area (Å²) in [6, 6.07) is 12.9. The number of benzene rings is 2. The van der Waals surface area contributed by atoms with Crippen molar-refractivity contribution in [3.63, 3.8) is 0 Å². The van der Waals surface area contributed by atoms with Gasteiger partial charge in [0.05, 0.1) is 18.1 Å². The van der Waals surface area contributed by atoms with E-state index >= 15 is 0 Å². The molecule has 6 nitrogen and oxygen atoms in total. The summed E-state index contributed by atoms with van der Waals surface area (Å²) in [5, 5.41) is 23.4. The maximum Gasteiger partial charge on any atom is 0.269 e. The molecule has 2 aromatic rings. The van der Waals surface area contributed by atoms with Crippen LogP contribution >= 0.6 is 0 Å². The van der Waals surface area contributed by atoms with Gasteiger partial charge in [0, 0.05) is 23.3 Å². The van der Waals surface area contributed by atoms with Crippen LogP contribution in [0, 0.1) is 22.0 Å². The van der Waals surface area contributed by atoms with Crippen molar-refractivity contribution in [3.05, 3.63) is 69.8 Å². The standard InChI is InChI=1S/C19H18N2O4/c22-19-9-7-16(21(23)24)14-17(19)18(20-10-12-25-13-11-20)8-6-15-4-2-1-3-5-15/h1-5,7,9,14,18,22H,10-13H2/t18-/m0/s1. The van der Waals surface area contributed by atoms with E-state index in [4.69, 9.17) is 4.74 Å². The van der Waals surface area contributed by atoms with Crippen LogP contribution in [-0.4, -0.2) is 31.2 Å². The molecule has 0 aromatic heterocycles. The predicted octanol–water partition coefficient (Wildman–Crippen LogP) is 0.676. The molecule has 0 unspecified atom stereocenters. The predicted molar refractivity (Wildman–Crippen MR) is 90.1 cm³/mol. The molecule has 0 saturated carbocycles. The smallest absolute Gasteiger partial charge is 0.269 e. The number of nitro groups is 1. The highest BCUT2D eigenvalue weighted by molar-refractivity contribution is 5.46. The Bertz CT molecular complexity index is 805. The summed E-state index contributed by atoms with van der Waals surface area (Å²) < 4.78 is 5.39. The Morgan fingerprint density at radius 3 is 2.52 bits per heavy atom. The molecule has 1 heterocycles. The molecule has 128 valence electrons. The van der Waals surface area contributed by atoms with Crippen molar-refractivity contribution in [3.8, 4) is 17.6 Å². The van der Waals surface area contributed by atoms with Gasteiger partial charge in [0.2, 0.25) is 0 Å². The zero-order valence-electron chi connectivity index (χ0n) is 13.6. The average molecular weight is 338 g/mol. The molecule has 0 radical (unpaired) electrons. The van der Waals surface area contributed by atoms with Crippen molar-refractivity contribution in [1.29, 1.82) is 0 Å². The van der Waals surface area contributed by atoms with Crippen LogP contribution < -0.4 is 10.0 Å². The maximum absolute atomic E-state index is 12.4. The van der Waals surface area contributed by atoms with E-state index in [-0.39, 0.29) is 11.4 Å². The summed E-state index contributed by atoms with van der Waals surface area (Å²) >= 11 is 0. The summed E-state index contributed by atoms with van der Waals surface area (Å²) in [4.78, 5) is 11.7. The van der Waals surface area contributed by atoms with Crippen molar-refractivity contribution in [2.45, 2.75) is 6.04 Å². The lowest BCUT2D eigenvalue weighted by molar-refractivity contribution is -0.930. The Morgan fingerprint density at radius 1 is 1.12 bits per heavy atom. The summed E-state index contributed by atoms with van der Waals surface area (Å²) in [6.07, 6.45) is 0. The zero-order chi connectivity index (χ0) is 17.6. The fourth-order valence-corrected chi connectivity index (χ4v) is 2.87. The van der Waals surface area contributed by atoms with Crippen LogP contribution in [0.2, 0.25) is 0 Å². The Labute approximate surface area is 145 Å².